The van der Waals surface area contributed by atoms with Crippen LogP contribution in [0.25, 0.3) is 10.8 Å². The average Bonchev–Trinajstić information content (AvgIpc) is 3.09. The van der Waals surface area contributed by atoms with Crippen LogP contribution in [0.5, 0.6) is 0 Å². The second-order valence-electron chi connectivity index (χ2n) is 6.67. The number of hydrogen-bond donors (Lipinski definition) is 2. The van der Waals surface area contributed by atoms with Crippen LogP contribution in [-0.2, 0) is 11.2 Å². The van der Waals surface area contributed by atoms with E-state index in [4.69, 9.17) is 40.6 Å². The van der Waals surface area contributed by atoms with Gasteiger partial charge in [0.1, 0.15) is 0 Å². The highest BCUT2D eigenvalue weighted by molar-refractivity contribution is 7.99. The second-order valence-corrected chi connectivity index (χ2v) is 8.86. The molecule has 0 saturated heterocycles. The fourth-order valence-corrected chi connectivity index (χ4v) is 4.70. The van der Waals surface area contributed by atoms with Crippen LogP contribution >= 0.6 is 46.6 Å². The first-order chi connectivity index (χ1) is 14.9. The van der Waals surface area contributed by atoms with Gasteiger partial charge in [-0.2, -0.15) is 0 Å². The van der Waals surface area contributed by atoms with Crippen molar-refractivity contribution >= 4 is 68.9 Å². The van der Waals surface area contributed by atoms with Crippen molar-refractivity contribution in [1.82, 2.24) is 14.9 Å². The maximum atomic E-state index is 12.4. The number of nitrogens with one attached hydrogen (secondary N) is 1. The first-order valence-electron chi connectivity index (χ1n) is 9.15. The molecule has 0 atom stereocenters. The molecule has 0 bridgehead atoms. The fraction of sp³-hybridized carbons (Fsp3) is 0.0952. The Hall–Kier alpha value is -2.45. The molecule has 0 aliphatic heterocycles. The van der Waals surface area contributed by atoms with E-state index in [0.717, 1.165) is 28.1 Å². The number of amides is 1. The zero-order valence-corrected chi connectivity index (χ0v) is 19.1. The normalized spacial score (nSPS) is 11.1. The predicted octanol–water partition coefficient (Wildman–Crippen LogP) is 5.43. The summed E-state index contributed by atoms with van der Waals surface area (Å²) in [5.74, 6) is 6.53. The van der Waals surface area contributed by atoms with E-state index >= 15 is 0 Å². The molecular weight excluding hydrogens is 477 g/mol. The SMILES string of the molecule is Nn1c(Cc2cccc3ccccc23)nnc1SCC(=O)Nc1c(Cl)cc(Cl)cc1Cl. The van der Waals surface area contributed by atoms with Crippen molar-refractivity contribution in [3.05, 3.63) is 81.1 Å². The minimum absolute atomic E-state index is 0.0544. The first-order valence-corrected chi connectivity index (χ1v) is 11.3. The second kappa shape index (κ2) is 9.36. The van der Waals surface area contributed by atoms with Crippen molar-refractivity contribution in [2.24, 2.45) is 0 Å². The van der Waals surface area contributed by atoms with Gasteiger partial charge in [0.05, 0.1) is 21.5 Å². The Morgan fingerprint density at radius 3 is 2.52 bits per heavy atom. The summed E-state index contributed by atoms with van der Waals surface area (Å²) < 4.78 is 1.40. The quantitative estimate of drug-likeness (QED) is 0.277. The van der Waals surface area contributed by atoms with E-state index in [1.807, 2.05) is 24.3 Å². The largest absolute Gasteiger partial charge is 0.336 e. The van der Waals surface area contributed by atoms with Crippen molar-refractivity contribution in [3.63, 3.8) is 0 Å². The summed E-state index contributed by atoms with van der Waals surface area (Å²) in [7, 11) is 0. The van der Waals surface area contributed by atoms with Gasteiger partial charge in [-0.3, -0.25) is 4.79 Å². The zero-order chi connectivity index (χ0) is 22.0. The smallest absolute Gasteiger partial charge is 0.234 e. The van der Waals surface area contributed by atoms with E-state index in [-0.39, 0.29) is 21.7 Å². The number of hydrogen-bond acceptors (Lipinski definition) is 5. The topological polar surface area (TPSA) is 85.8 Å². The lowest BCUT2D eigenvalue weighted by Crippen LogP contribution is -2.17. The lowest BCUT2D eigenvalue weighted by Gasteiger charge is -2.10. The molecular formula is C21H16Cl3N5OS. The number of anilines is 1. The third kappa shape index (κ3) is 4.91. The van der Waals surface area contributed by atoms with Crippen LogP contribution < -0.4 is 11.2 Å². The standard InChI is InChI=1S/C21H16Cl3N5OS/c22-14-9-16(23)20(17(24)10-14)26-19(30)11-31-21-28-27-18(29(21)25)8-13-6-3-5-12-4-1-2-7-15(12)13/h1-7,9-10H,8,11,25H2,(H,26,30). The molecule has 4 rings (SSSR count). The summed E-state index contributed by atoms with van der Waals surface area (Å²) in [6.45, 7) is 0. The van der Waals surface area contributed by atoms with Crippen LogP contribution in [0, 0.1) is 0 Å². The maximum absolute atomic E-state index is 12.4. The van der Waals surface area contributed by atoms with Crippen LogP contribution in [0.4, 0.5) is 5.69 Å². The number of thioether (sulfide) groups is 1. The van der Waals surface area contributed by atoms with Crippen molar-refractivity contribution < 1.29 is 4.79 Å². The van der Waals surface area contributed by atoms with Crippen LogP contribution in [-0.4, -0.2) is 26.5 Å². The Morgan fingerprint density at radius 2 is 1.74 bits per heavy atom. The molecule has 1 heterocycles. The number of benzene rings is 3. The molecule has 4 aromatic rings. The van der Waals surface area contributed by atoms with E-state index in [1.165, 1.54) is 16.8 Å². The summed E-state index contributed by atoms with van der Waals surface area (Å²) in [6, 6.07) is 17.2. The Labute approximate surface area is 197 Å². The number of fused-ring (bicyclic) bond motifs is 1. The van der Waals surface area contributed by atoms with Gasteiger partial charge in [0.15, 0.2) is 5.82 Å². The lowest BCUT2D eigenvalue weighted by atomic mass is 10.0. The van der Waals surface area contributed by atoms with Crippen molar-refractivity contribution in [3.8, 4) is 0 Å². The summed E-state index contributed by atoms with van der Waals surface area (Å²) in [4.78, 5) is 12.4. The average molecular weight is 493 g/mol. The van der Waals surface area contributed by atoms with E-state index in [0.29, 0.717) is 28.1 Å². The van der Waals surface area contributed by atoms with Crippen LogP contribution in [0.1, 0.15) is 11.4 Å². The number of nitrogens with zero attached hydrogens (tertiary/aromatic N) is 3. The number of nitrogen functional groups attached to an aromatic ring is 1. The minimum Gasteiger partial charge on any atom is -0.336 e. The van der Waals surface area contributed by atoms with Gasteiger partial charge < -0.3 is 11.2 Å². The van der Waals surface area contributed by atoms with Gasteiger partial charge >= 0.3 is 0 Å². The molecule has 0 spiro atoms. The summed E-state index contributed by atoms with van der Waals surface area (Å²) in [5, 5.41) is 14.6. The van der Waals surface area contributed by atoms with E-state index in [1.54, 1.807) is 0 Å². The number of carbonyl (C=O) groups excluding carboxylic acids is 1. The molecule has 0 aliphatic carbocycles. The molecule has 3 aromatic carbocycles. The first kappa shape index (κ1) is 21.8. The molecule has 0 radical (unpaired) electrons. The van der Waals surface area contributed by atoms with Crippen molar-refractivity contribution in [2.75, 3.05) is 16.9 Å². The van der Waals surface area contributed by atoms with Gasteiger partial charge in [-0.05, 0) is 28.5 Å². The van der Waals surface area contributed by atoms with Gasteiger partial charge in [0.2, 0.25) is 11.1 Å². The van der Waals surface area contributed by atoms with E-state index in [2.05, 4.69) is 33.7 Å². The molecule has 3 N–H and O–H groups in total. The molecule has 0 saturated carbocycles. The molecule has 31 heavy (non-hydrogen) atoms. The number of aromatic nitrogens is 3. The highest BCUT2D eigenvalue weighted by Gasteiger charge is 2.16. The molecule has 158 valence electrons. The van der Waals surface area contributed by atoms with Gasteiger partial charge in [0, 0.05) is 11.4 Å². The Kier molecular flexibility index (Phi) is 6.57. The molecule has 10 heteroatoms. The maximum Gasteiger partial charge on any atom is 0.234 e. The lowest BCUT2D eigenvalue weighted by molar-refractivity contribution is -0.113. The number of halogens is 3. The summed E-state index contributed by atoms with van der Waals surface area (Å²) >= 11 is 19.3. The van der Waals surface area contributed by atoms with Gasteiger partial charge in [0.25, 0.3) is 0 Å². The molecule has 0 unspecified atom stereocenters. The number of carbonyl (C=O) groups is 1. The Balaban J connectivity index is 1.44. The van der Waals surface area contributed by atoms with Crippen molar-refractivity contribution in [1.29, 1.82) is 0 Å². The zero-order valence-electron chi connectivity index (χ0n) is 16.0. The van der Waals surface area contributed by atoms with Gasteiger partial charge in [-0.25, -0.2) is 4.68 Å². The summed E-state index contributed by atoms with van der Waals surface area (Å²) in [5.41, 5.74) is 1.41. The Morgan fingerprint density at radius 1 is 1.03 bits per heavy atom. The molecule has 1 amide bonds. The molecule has 6 nitrogen and oxygen atoms in total. The van der Waals surface area contributed by atoms with Crippen LogP contribution in [0.2, 0.25) is 15.1 Å². The van der Waals surface area contributed by atoms with Crippen LogP contribution in [0.15, 0.2) is 59.8 Å². The van der Waals surface area contributed by atoms with Gasteiger partial charge in [-0.15, -0.1) is 10.2 Å². The Bertz CT molecular complexity index is 1250. The molecule has 0 aliphatic rings. The molecule has 1 aromatic heterocycles. The third-order valence-electron chi connectivity index (χ3n) is 4.57. The minimum atomic E-state index is -0.310. The van der Waals surface area contributed by atoms with Gasteiger partial charge in [-0.1, -0.05) is 89.0 Å². The number of rotatable bonds is 6. The van der Waals surface area contributed by atoms with E-state index < -0.39 is 0 Å². The van der Waals surface area contributed by atoms with Crippen molar-refractivity contribution in [2.45, 2.75) is 11.6 Å². The third-order valence-corrected chi connectivity index (χ3v) is 6.32. The molecule has 0 fully saturated rings. The monoisotopic (exact) mass is 491 g/mol. The highest BCUT2D eigenvalue weighted by Crippen LogP contribution is 2.33. The van der Waals surface area contributed by atoms with E-state index in [9.17, 15) is 4.79 Å². The summed E-state index contributed by atoms with van der Waals surface area (Å²) in [6.07, 6.45) is 0.521. The number of nitrogens with two attached hydrogens (primary N) is 1. The predicted molar refractivity (Wildman–Crippen MR) is 128 cm³/mol. The fourth-order valence-electron chi connectivity index (χ4n) is 3.11. The highest BCUT2D eigenvalue weighted by atomic mass is 35.5. The van der Waals surface area contributed by atoms with Crippen LogP contribution in [0.3, 0.4) is 0 Å².